The molecule has 0 saturated heterocycles. The van der Waals surface area contributed by atoms with Crippen LogP contribution in [0.4, 0.5) is 13.2 Å². The van der Waals surface area contributed by atoms with Crippen molar-refractivity contribution in [2.75, 3.05) is 0 Å². The summed E-state index contributed by atoms with van der Waals surface area (Å²) in [5.74, 6) is 0. The van der Waals surface area contributed by atoms with Crippen molar-refractivity contribution in [2.24, 2.45) is 0 Å². The van der Waals surface area contributed by atoms with Gasteiger partial charge < -0.3 is 5.11 Å². The normalized spacial score (nSPS) is 19.2. The van der Waals surface area contributed by atoms with E-state index in [1.54, 1.807) is 0 Å². The van der Waals surface area contributed by atoms with Crippen molar-refractivity contribution >= 4 is 8.07 Å². The first kappa shape index (κ1) is 9.97. The zero-order chi connectivity index (χ0) is 8.58. The standard InChI is InChI=1S/C5H11F3OSi/c1-10(2,3)5(8,9)4(6)7/h4,9H,1-3H3. The van der Waals surface area contributed by atoms with Crippen molar-refractivity contribution in [1.82, 2.24) is 0 Å². The molecule has 0 aliphatic heterocycles. The van der Waals surface area contributed by atoms with Crippen LogP contribution in [-0.2, 0) is 0 Å². The second-order valence-electron chi connectivity index (χ2n) is 3.22. The van der Waals surface area contributed by atoms with Gasteiger partial charge in [-0.1, -0.05) is 19.6 Å². The van der Waals surface area contributed by atoms with Gasteiger partial charge in [0.05, 0.1) is 0 Å². The maximum Gasteiger partial charge on any atom is 0.292 e. The van der Waals surface area contributed by atoms with Crippen molar-refractivity contribution in [3.05, 3.63) is 0 Å². The van der Waals surface area contributed by atoms with E-state index in [1.807, 2.05) is 0 Å². The molecule has 0 aromatic heterocycles. The minimum absolute atomic E-state index is 1.35. The molecule has 1 unspecified atom stereocenters. The topological polar surface area (TPSA) is 20.2 Å². The van der Waals surface area contributed by atoms with Crippen molar-refractivity contribution < 1.29 is 18.3 Å². The fourth-order valence-corrected chi connectivity index (χ4v) is 0.982. The highest BCUT2D eigenvalue weighted by Crippen LogP contribution is 2.28. The van der Waals surface area contributed by atoms with Crippen molar-refractivity contribution in [3.63, 3.8) is 0 Å². The maximum absolute atomic E-state index is 12.6. The van der Waals surface area contributed by atoms with Crippen LogP contribution in [0, 0.1) is 0 Å². The number of halogens is 3. The lowest BCUT2D eigenvalue weighted by Gasteiger charge is -2.29. The lowest BCUT2D eigenvalue weighted by Crippen LogP contribution is -2.53. The van der Waals surface area contributed by atoms with Gasteiger partial charge in [0.2, 0.25) is 5.48 Å². The van der Waals surface area contributed by atoms with E-state index in [2.05, 4.69) is 0 Å². The quantitative estimate of drug-likeness (QED) is 0.629. The molecule has 62 valence electrons. The molecule has 0 aliphatic rings. The predicted octanol–water partition coefficient (Wildman–Crippen LogP) is 1.79. The number of alkyl halides is 3. The van der Waals surface area contributed by atoms with Crippen LogP contribution in [-0.4, -0.2) is 25.1 Å². The van der Waals surface area contributed by atoms with Crippen molar-refractivity contribution in [3.8, 4) is 0 Å². The van der Waals surface area contributed by atoms with Crippen LogP contribution < -0.4 is 0 Å². The zero-order valence-electron chi connectivity index (χ0n) is 6.16. The molecule has 0 saturated carbocycles. The van der Waals surface area contributed by atoms with E-state index >= 15 is 0 Å². The summed E-state index contributed by atoms with van der Waals surface area (Å²) in [6, 6.07) is 0. The van der Waals surface area contributed by atoms with E-state index in [9.17, 15) is 13.2 Å². The first-order valence-electron chi connectivity index (χ1n) is 2.89. The monoisotopic (exact) mass is 172 g/mol. The minimum atomic E-state index is -3.29. The molecular formula is C5H11F3OSi. The van der Waals surface area contributed by atoms with Gasteiger partial charge in [0.15, 0.2) is 0 Å². The highest BCUT2D eigenvalue weighted by Gasteiger charge is 2.50. The highest BCUT2D eigenvalue weighted by atomic mass is 28.3. The van der Waals surface area contributed by atoms with Gasteiger partial charge in [-0.2, -0.15) is 0 Å². The first-order valence-corrected chi connectivity index (χ1v) is 6.39. The van der Waals surface area contributed by atoms with Gasteiger partial charge in [0.1, 0.15) is 8.07 Å². The second-order valence-corrected chi connectivity index (χ2v) is 8.43. The van der Waals surface area contributed by atoms with Crippen LogP contribution in [0.2, 0.25) is 19.6 Å². The van der Waals surface area contributed by atoms with Crippen molar-refractivity contribution in [1.29, 1.82) is 0 Å². The third-order valence-electron chi connectivity index (χ3n) is 1.34. The Kier molecular flexibility index (Phi) is 2.53. The third kappa shape index (κ3) is 1.73. The van der Waals surface area contributed by atoms with E-state index < -0.39 is 20.0 Å². The lowest BCUT2D eigenvalue weighted by molar-refractivity contribution is -0.130. The molecule has 0 aromatic carbocycles. The Bertz CT molecular complexity index is 119. The number of rotatable bonds is 2. The smallest absolute Gasteiger partial charge is 0.292 e. The Balaban J connectivity index is 4.40. The molecule has 0 rings (SSSR count). The fraction of sp³-hybridized carbons (Fsp3) is 1.00. The van der Waals surface area contributed by atoms with E-state index in [-0.39, 0.29) is 0 Å². The third-order valence-corrected chi connectivity index (χ3v) is 3.66. The molecule has 1 atom stereocenters. The van der Waals surface area contributed by atoms with Crippen LogP contribution in [0.1, 0.15) is 0 Å². The summed E-state index contributed by atoms with van der Waals surface area (Å²) in [5.41, 5.74) is -3.26. The Labute approximate surface area is 58.9 Å². The summed E-state index contributed by atoms with van der Waals surface area (Å²) in [5, 5.41) is 8.57. The van der Waals surface area contributed by atoms with Crippen LogP contribution in [0.3, 0.4) is 0 Å². The molecule has 10 heavy (non-hydrogen) atoms. The van der Waals surface area contributed by atoms with Gasteiger partial charge in [0.25, 0.3) is 6.43 Å². The van der Waals surface area contributed by atoms with Gasteiger partial charge in [-0.15, -0.1) is 0 Å². The summed E-state index contributed by atoms with van der Waals surface area (Å²) in [6.45, 7) is 4.04. The first-order chi connectivity index (χ1) is 4.19. The van der Waals surface area contributed by atoms with Gasteiger partial charge in [-0.3, -0.25) is 0 Å². The Hall–Kier alpha value is -0.0331. The molecule has 0 amide bonds. The van der Waals surface area contributed by atoms with Gasteiger partial charge in [0, 0.05) is 0 Å². The summed E-state index contributed by atoms with van der Waals surface area (Å²) >= 11 is 0. The average molecular weight is 172 g/mol. The Morgan fingerprint density at radius 1 is 1.30 bits per heavy atom. The summed E-state index contributed by atoms with van der Waals surface area (Å²) < 4.78 is 36.0. The summed E-state index contributed by atoms with van der Waals surface area (Å²) in [4.78, 5) is 0. The van der Waals surface area contributed by atoms with Gasteiger partial charge in [-0.05, 0) is 0 Å². The number of hydrogen-bond acceptors (Lipinski definition) is 1. The molecule has 5 heteroatoms. The van der Waals surface area contributed by atoms with Crippen LogP contribution in [0.5, 0.6) is 0 Å². The van der Waals surface area contributed by atoms with Crippen LogP contribution in [0.15, 0.2) is 0 Å². The average Bonchev–Trinajstić information content (AvgIpc) is 1.62. The molecule has 0 fully saturated rings. The van der Waals surface area contributed by atoms with E-state index in [0.29, 0.717) is 0 Å². The SMILES string of the molecule is C[Si](C)(C)C(O)(F)C(F)F. The van der Waals surface area contributed by atoms with E-state index in [0.717, 1.165) is 0 Å². The lowest BCUT2D eigenvalue weighted by atomic mass is 10.7. The van der Waals surface area contributed by atoms with Crippen molar-refractivity contribution in [2.45, 2.75) is 31.5 Å². The number of aliphatic hydroxyl groups is 1. The minimum Gasteiger partial charge on any atom is -0.361 e. The predicted molar refractivity (Wildman–Crippen MR) is 35.4 cm³/mol. The molecule has 0 heterocycles. The molecule has 0 bridgehead atoms. The molecule has 0 spiro atoms. The zero-order valence-corrected chi connectivity index (χ0v) is 7.16. The molecular weight excluding hydrogens is 161 g/mol. The summed E-state index contributed by atoms with van der Waals surface area (Å²) in [7, 11) is -2.81. The fourth-order valence-electron chi connectivity index (χ4n) is 0.327. The largest absolute Gasteiger partial charge is 0.361 e. The van der Waals surface area contributed by atoms with Gasteiger partial charge >= 0.3 is 0 Å². The van der Waals surface area contributed by atoms with Crippen LogP contribution in [0.25, 0.3) is 0 Å². The molecule has 0 radical (unpaired) electrons. The number of hydrogen-bond donors (Lipinski definition) is 1. The van der Waals surface area contributed by atoms with Crippen LogP contribution >= 0.6 is 0 Å². The Morgan fingerprint density at radius 2 is 1.60 bits per heavy atom. The second kappa shape index (κ2) is 2.54. The molecule has 0 aliphatic carbocycles. The highest BCUT2D eigenvalue weighted by molar-refractivity contribution is 6.78. The molecule has 0 aromatic rings. The molecule has 1 N–H and O–H groups in total. The van der Waals surface area contributed by atoms with E-state index in [4.69, 9.17) is 5.11 Å². The maximum atomic E-state index is 12.6. The van der Waals surface area contributed by atoms with Gasteiger partial charge in [-0.25, -0.2) is 13.2 Å². The molecule has 1 nitrogen and oxygen atoms in total. The summed E-state index contributed by atoms with van der Waals surface area (Å²) in [6.07, 6.45) is -3.29. The van der Waals surface area contributed by atoms with E-state index in [1.165, 1.54) is 19.6 Å². The Morgan fingerprint density at radius 3 is 1.60 bits per heavy atom.